The summed E-state index contributed by atoms with van der Waals surface area (Å²) in [5.41, 5.74) is 1.22. The van der Waals surface area contributed by atoms with E-state index in [-0.39, 0.29) is 13.0 Å². The Morgan fingerprint density at radius 2 is 1.82 bits per heavy atom. The summed E-state index contributed by atoms with van der Waals surface area (Å²) in [6.07, 6.45) is 0.755. The molecule has 2 aromatic rings. The minimum Gasteiger partial charge on any atom is -0.496 e. The van der Waals surface area contributed by atoms with Crippen LogP contribution in [0.1, 0.15) is 61.6 Å². The standard InChI is InChI=1S/C28H34ClN3O6/c1-6-21(16-7-9-17(10-8-16)26(35)38-28(2,3)4)31-25(34)23-24(33)19(15-30-27(36)32-23)13-18-14-20(29)11-12-22(18)37-5/h7-12,14,19,21,23H,6,13,15H2,1-5H3,(H,31,34)(H2,30,32,36)/t19-,21-,23?/m1/s1. The lowest BCUT2D eigenvalue weighted by atomic mass is 9.90. The Labute approximate surface area is 227 Å². The molecule has 1 unspecified atom stereocenters. The molecule has 0 saturated carbocycles. The molecule has 38 heavy (non-hydrogen) atoms. The Kier molecular flexibility index (Phi) is 9.38. The highest BCUT2D eigenvalue weighted by atomic mass is 35.5. The van der Waals surface area contributed by atoms with Gasteiger partial charge in [-0.05, 0) is 75.1 Å². The number of hydrogen-bond acceptors (Lipinski definition) is 6. The number of nitrogens with one attached hydrogen (secondary N) is 3. The van der Waals surface area contributed by atoms with E-state index in [0.717, 1.165) is 5.56 Å². The number of urea groups is 1. The van der Waals surface area contributed by atoms with Crippen molar-refractivity contribution in [2.24, 2.45) is 5.92 Å². The van der Waals surface area contributed by atoms with E-state index in [1.807, 2.05) is 6.92 Å². The average molecular weight is 544 g/mol. The number of amides is 3. The minimum absolute atomic E-state index is 0.0629. The van der Waals surface area contributed by atoms with E-state index >= 15 is 0 Å². The third-order valence-corrected chi connectivity index (χ3v) is 6.35. The van der Waals surface area contributed by atoms with Gasteiger partial charge in [-0.3, -0.25) is 9.59 Å². The summed E-state index contributed by atoms with van der Waals surface area (Å²) in [6, 6.07) is 9.41. The van der Waals surface area contributed by atoms with Crippen LogP contribution in [0.5, 0.6) is 5.75 Å². The Balaban J connectivity index is 1.75. The highest BCUT2D eigenvalue weighted by molar-refractivity contribution is 6.30. The second-order valence-corrected chi connectivity index (χ2v) is 10.6. The van der Waals surface area contributed by atoms with Crippen LogP contribution in [0.3, 0.4) is 0 Å². The normalized spacial score (nSPS) is 18.5. The monoisotopic (exact) mass is 543 g/mol. The van der Waals surface area contributed by atoms with Gasteiger partial charge in [-0.2, -0.15) is 0 Å². The molecular weight excluding hydrogens is 510 g/mol. The summed E-state index contributed by atoms with van der Waals surface area (Å²) in [5.74, 6) is -1.59. The number of esters is 1. The van der Waals surface area contributed by atoms with Gasteiger partial charge in [0.05, 0.1) is 18.7 Å². The van der Waals surface area contributed by atoms with Gasteiger partial charge in [0.15, 0.2) is 11.8 Å². The van der Waals surface area contributed by atoms with Gasteiger partial charge in [0.1, 0.15) is 11.4 Å². The zero-order chi connectivity index (χ0) is 28.0. The lowest BCUT2D eigenvalue weighted by Gasteiger charge is -2.23. The van der Waals surface area contributed by atoms with Crippen molar-refractivity contribution in [1.82, 2.24) is 16.0 Å². The second-order valence-electron chi connectivity index (χ2n) is 10.1. The van der Waals surface area contributed by atoms with Crippen molar-refractivity contribution in [3.05, 3.63) is 64.2 Å². The lowest BCUT2D eigenvalue weighted by molar-refractivity contribution is -0.133. The first kappa shape index (κ1) is 29.0. The van der Waals surface area contributed by atoms with Crippen molar-refractivity contribution >= 4 is 35.3 Å². The molecule has 1 saturated heterocycles. The number of rotatable bonds is 8. The molecule has 3 rings (SSSR count). The third kappa shape index (κ3) is 7.47. The van der Waals surface area contributed by atoms with Gasteiger partial charge in [0, 0.05) is 17.5 Å². The Hall–Kier alpha value is -3.59. The smallest absolute Gasteiger partial charge is 0.338 e. The fourth-order valence-corrected chi connectivity index (χ4v) is 4.40. The van der Waals surface area contributed by atoms with Crippen LogP contribution in [-0.2, 0) is 20.7 Å². The number of carbonyl (C=O) groups is 4. The lowest BCUT2D eigenvalue weighted by Crippen LogP contribution is -2.52. The summed E-state index contributed by atoms with van der Waals surface area (Å²) in [7, 11) is 1.52. The van der Waals surface area contributed by atoms with Crippen molar-refractivity contribution < 1.29 is 28.7 Å². The SMILES string of the molecule is CC[C@@H](NC(=O)C1NC(=O)NC[C@@H](Cc2cc(Cl)ccc2OC)C1=O)c1ccc(C(=O)OC(C)(C)C)cc1. The first-order valence-electron chi connectivity index (χ1n) is 12.5. The van der Waals surface area contributed by atoms with Crippen LogP contribution >= 0.6 is 11.6 Å². The molecule has 3 atom stereocenters. The van der Waals surface area contributed by atoms with Gasteiger partial charge in [-0.15, -0.1) is 0 Å². The molecule has 1 aliphatic rings. The first-order valence-corrected chi connectivity index (χ1v) is 12.8. The number of halogens is 1. The van der Waals surface area contributed by atoms with Gasteiger partial charge in [-0.1, -0.05) is 30.7 Å². The van der Waals surface area contributed by atoms with Crippen LogP contribution in [0.25, 0.3) is 0 Å². The third-order valence-electron chi connectivity index (χ3n) is 6.11. The van der Waals surface area contributed by atoms with E-state index in [1.54, 1.807) is 63.2 Å². The fraction of sp³-hybridized carbons (Fsp3) is 0.429. The molecule has 2 aromatic carbocycles. The molecule has 10 heteroatoms. The highest BCUT2D eigenvalue weighted by Crippen LogP contribution is 2.26. The maximum absolute atomic E-state index is 13.4. The van der Waals surface area contributed by atoms with Crippen LogP contribution in [-0.4, -0.2) is 49.0 Å². The van der Waals surface area contributed by atoms with Gasteiger partial charge in [0.2, 0.25) is 0 Å². The number of benzene rings is 2. The summed E-state index contributed by atoms with van der Waals surface area (Å²) in [5, 5.41) is 8.48. The van der Waals surface area contributed by atoms with E-state index in [4.69, 9.17) is 21.1 Å². The topological polar surface area (TPSA) is 123 Å². The predicted molar refractivity (Wildman–Crippen MR) is 143 cm³/mol. The van der Waals surface area contributed by atoms with E-state index < -0.39 is 47.3 Å². The van der Waals surface area contributed by atoms with Gasteiger partial charge in [0.25, 0.3) is 5.91 Å². The molecule has 3 N–H and O–H groups in total. The molecule has 1 fully saturated rings. The molecule has 0 spiro atoms. The molecule has 1 heterocycles. The van der Waals surface area contributed by atoms with E-state index in [1.165, 1.54) is 7.11 Å². The molecule has 0 aromatic heterocycles. The van der Waals surface area contributed by atoms with Crippen LogP contribution in [0.15, 0.2) is 42.5 Å². The average Bonchev–Trinajstić information content (AvgIpc) is 3.00. The van der Waals surface area contributed by atoms with Gasteiger partial charge < -0.3 is 25.4 Å². The maximum atomic E-state index is 13.4. The van der Waals surface area contributed by atoms with Crippen molar-refractivity contribution in [2.45, 2.75) is 58.2 Å². The number of ether oxygens (including phenoxy) is 2. The Morgan fingerprint density at radius 1 is 1.13 bits per heavy atom. The minimum atomic E-state index is -1.37. The van der Waals surface area contributed by atoms with Crippen LogP contribution < -0.4 is 20.7 Å². The highest BCUT2D eigenvalue weighted by Gasteiger charge is 2.37. The molecule has 0 aliphatic carbocycles. The molecule has 0 radical (unpaired) electrons. The fourth-order valence-electron chi connectivity index (χ4n) is 4.21. The van der Waals surface area contributed by atoms with Gasteiger partial charge in [-0.25, -0.2) is 9.59 Å². The van der Waals surface area contributed by atoms with Crippen LogP contribution in [0.2, 0.25) is 5.02 Å². The predicted octanol–water partition coefficient (Wildman–Crippen LogP) is 3.98. The number of methoxy groups -OCH3 is 1. The zero-order valence-corrected chi connectivity index (χ0v) is 23.0. The largest absolute Gasteiger partial charge is 0.496 e. The van der Waals surface area contributed by atoms with Crippen molar-refractivity contribution in [3.8, 4) is 5.75 Å². The zero-order valence-electron chi connectivity index (χ0n) is 22.2. The molecule has 9 nitrogen and oxygen atoms in total. The second kappa shape index (κ2) is 12.3. The van der Waals surface area contributed by atoms with Gasteiger partial charge >= 0.3 is 12.0 Å². The first-order chi connectivity index (χ1) is 17.9. The molecular formula is C28H34ClN3O6. The van der Waals surface area contributed by atoms with Crippen LogP contribution in [0, 0.1) is 5.92 Å². The molecule has 0 bridgehead atoms. The Morgan fingerprint density at radius 3 is 2.42 bits per heavy atom. The number of carbonyl (C=O) groups excluding carboxylic acids is 4. The Bertz CT molecular complexity index is 1190. The summed E-state index contributed by atoms with van der Waals surface area (Å²) in [6.45, 7) is 7.33. The quantitative estimate of drug-likeness (QED) is 0.342. The van der Waals surface area contributed by atoms with E-state index in [2.05, 4.69) is 16.0 Å². The molecule has 1 aliphatic heterocycles. The number of Topliss-reactive ketones (excluding diaryl/α,β-unsaturated/α-hetero) is 1. The van der Waals surface area contributed by atoms with Crippen molar-refractivity contribution in [3.63, 3.8) is 0 Å². The summed E-state index contributed by atoms with van der Waals surface area (Å²) < 4.78 is 10.8. The van der Waals surface area contributed by atoms with Crippen LogP contribution in [0.4, 0.5) is 4.79 Å². The summed E-state index contributed by atoms with van der Waals surface area (Å²) >= 11 is 6.14. The van der Waals surface area contributed by atoms with E-state index in [0.29, 0.717) is 28.3 Å². The molecule has 3 amide bonds. The number of ketones is 1. The number of hydrogen-bond donors (Lipinski definition) is 3. The van der Waals surface area contributed by atoms with E-state index in [9.17, 15) is 19.2 Å². The maximum Gasteiger partial charge on any atom is 0.338 e. The molecule has 204 valence electrons. The van der Waals surface area contributed by atoms with Crippen molar-refractivity contribution in [2.75, 3.05) is 13.7 Å². The van der Waals surface area contributed by atoms with Crippen molar-refractivity contribution in [1.29, 1.82) is 0 Å². The summed E-state index contributed by atoms with van der Waals surface area (Å²) in [4.78, 5) is 51.3.